The summed E-state index contributed by atoms with van der Waals surface area (Å²) in [7, 11) is 0. The summed E-state index contributed by atoms with van der Waals surface area (Å²) in [5, 5.41) is 4.34. The molecule has 1 heterocycles. The van der Waals surface area contributed by atoms with Crippen LogP contribution >= 0.6 is 0 Å². The Bertz CT molecular complexity index is 3160. The zero-order valence-corrected chi connectivity index (χ0v) is 32.9. The molecule has 11 aromatic rings. The molecule has 0 radical (unpaired) electrons. The standard InChI is InChI=1S/C58H39NO/c1-5-15-40(16-6-1)43-25-27-46(28-26-43)50-37-38-53-54-39-55(51-23-13-14-24-52(51)57(54)60-58(53)56(50)47-21-11-4-12-22-47)59(48-33-29-44(30-34-48)41-17-7-2-8-18-41)49-35-31-45(32-36-49)42-19-9-3-10-20-42/h1-39H. The number of benzene rings is 10. The van der Waals surface area contributed by atoms with Gasteiger partial charge in [0, 0.05) is 38.5 Å². The van der Waals surface area contributed by atoms with Gasteiger partial charge < -0.3 is 9.32 Å². The second-order valence-corrected chi connectivity index (χ2v) is 15.3. The average Bonchev–Trinajstić information content (AvgIpc) is 3.72. The first-order valence-corrected chi connectivity index (χ1v) is 20.5. The maximum Gasteiger partial charge on any atom is 0.143 e. The fourth-order valence-electron chi connectivity index (χ4n) is 8.73. The Hall–Kier alpha value is -7.94. The highest BCUT2D eigenvalue weighted by atomic mass is 16.3. The Morgan fingerprint density at radius 2 is 0.650 bits per heavy atom. The van der Waals surface area contributed by atoms with Gasteiger partial charge in [0.1, 0.15) is 11.2 Å². The normalized spacial score (nSPS) is 11.3. The van der Waals surface area contributed by atoms with Crippen molar-refractivity contribution in [1.82, 2.24) is 0 Å². The lowest BCUT2D eigenvalue weighted by Gasteiger charge is -2.27. The zero-order valence-electron chi connectivity index (χ0n) is 32.9. The maximum absolute atomic E-state index is 7.16. The van der Waals surface area contributed by atoms with E-state index in [1.807, 2.05) is 0 Å². The summed E-state index contributed by atoms with van der Waals surface area (Å²) in [4.78, 5) is 2.39. The van der Waals surface area contributed by atoms with Gasteiger partial charge in [-0.05, 0) is 86.5 Å². The van der Waals surface area contributed by atoms with Crippen molar-refractivity contribution in [3.63, 3.8) is 0 Å². The molecule has 0 aliphatic carbocycles. The van der Waals surface area contributed by atoms with Crippen LogP contribution in [0.3, 0.4) is 0 Å². The fraction of sp³-hybridized carbons (Fsp3) is 0. The number of furan rings is 1. The van der Waals surface area contributed by atoms with Gasteiger partial charge >= 0.3 is 0 Å². The van der Waals surface area contributed by atoms with Gasteiger partial charge in [-0.3, -0.25) is 0 Å². The van der Waals surface area contributed by atoms with Crippen molar-refractivity contribution in [2.24, 2.45) is 0 Å². The summed E-state index contributed by atoms with van der Waals surface area (Å²) in [6, 6.07) is 84.6. The zero-order chi connectivity index (χ0) is 39.8. The van der Waals surface area contributed by atoms with E-state index in [1.54, 1.807) is 0 Å². The van der Waals surface area contributed by atoms with E-state index in [0.717, 1.165) is 72.0 Å². The van der Waals surface area contributed by atoms with Crippen LogP contribution in [0, 0.1) is 0 Å². The van der Waals surface area contributed by atoms with Crippen molar-refractivity contribution >= 4 is 49.8 Å². The summed E-state index contributed by atoms with van der Waals surface area (Å²) >= 11 is 0. The summed E-state index contributed by atoms with van der Waals surface area (Å²) in [5.41, 5.74) is 16.6. The highest BCUT2D eigenvalue weighted by Crippen LogP contribution is 2.48. The number of hydrogen-bond acceptors (Lipinski definition) is 2. The molecule has 0 fully saturated rings. The number of nitrogens with zero attached hydrogens (tertiary/aromatic N) is 1. The molecule has 10 aromatic carbocycles. The SMILES string of the molecule is c1ccc(-c2ccc(-c3ccc4c(oc5c6ccccc6c(N(c6ccc(-c7ccccc7)cc6)c6ccc(-c7ccccc7)cc6)cc45)c3-c3ccccc3)cc2)cc1. The number of rotatable bonds is 8. The number of hydrogen-bond donors (Lipinski definition) is 0. The van der Waals surface area contributed by atoms with Crippen molar-refractivity contribution in [1.29, 1.82) is 0 Å². The number of anilines is 3. The minimum atomic E-state index is 0.883. The van der Waals surface area contributed by atoms with Crippen LogP contribution in [0.1, 0.15) is 0 Å². The fourth-order valence-corrected chi connectivity index (χ4v) is 8.73. The molecule has 0 aliphatic heterocycles. The van der Waals surface area contributed by atoms with E-state index in [9.17, 15) is 0 Å². The van der Waals surface area contributed by atoms with Gasteiger partial charge in [0.15, 0.2) is 0 Å². The highest BCUT2D eigenvalue weighted by Gasteiger charge is 2.23. The predicted molar refractivity (Wildman–Crippen MR) is 253 cm³/mol. The highest BCUT2D eigenvalue weighted by molar-refractivity contribution is 6.22. The third-order valence-corrected chi connectivity index (χ3v) is 11.7. The molecule has 0 amide bonds. The van der Waals surface area contributed by atoms with Crippen molar-refractivity contribution < 1.29 is 4.42 Å². The van der Waals surface area contributed by atoms with Crippen molar-refractivity contribution in [3.8, 4) is 55.6 Å². The van der Waals surface area contributed by atoms with Gasteiger partial charge in [0.2, 0.25) is 0 Å². The van der Waals surface area contributed by atoms with Crippen LogP contribution in [0.25, 0.3) is 88.3 Å². The first kappa shape index (κ1) is 35.2. The smallest absolute Gasteiger partial charge is 0.143 e. The Morgan fingerprint density at radius 1 is 0.267 bits per heavy atom. The van der Waals surface area contributed by atoms with E-state index in [0.29, 0.717) is 0 Å². The molecule has 0 saturated carbocycles. The van der Waals surface area contributed by atoms with Gasteiger partial charge in [0.05, 0.1) is 5.69 Å². The minimum absolute atomic E-state index is 0.883. The first-order chi connectivity index (χ1) is 29.8. The molecule has 0 atom stereocenters. The quantitative estimate of drug-likeness (QED) is 0.153. The van der Waals surface area contributed by atoms with Gasteiger partial charge in [-0.15, -0.1) is 0 Å². The Labute approximate surface area is 349 Å². The minimum Gasteiger partial charge on any atom is -0.455 e. The lowest BCUT2D eigenvalue weighted by molar-refractivity contribution is 0.674. The molecule has 282 valence electrons. The molecule has 60 heavy (non-hydrogen) atoms. The molecule has 0 aliphatic rings. The van der Waals surface area contributed by atoms with Crippen molar-refractivity contribution in [3.05, 3.63) is 237 Å². The van der Waals surface area contributed by atoms with Gasteiger partial charge in [-0.25, -0.2) is 0 Å². The maximum atomic E-state index is 7.16. The molecule has 2 heteroatoms. The lowest BCUT2D eigenvalue weighted by atomic mass is 9.91. The topological polar surface area (TPSA) is 16.4 Å². The Morgan fingerprint density at radius 3 is 1.15 bits per heavy atom. The van der Waals surface area contributed by atoms with Crippen molar-refractivity contribution in [2.75, 3.05) is 4.90 Å². The largest absolute Gasteiger partial charge is 0.455 e. The van der Waals surface area contributed by atoms with Crippen molar-refractivity contribution in [2.45, 2.75) is 0 Å². The molecule has 2 nitrogen and oxygen atoms in total. The van der Waals surface area contributed by atoms with Crippen LogP contribution in [-0.2, 0) is 0 Å². The van der Waals surface area contributed by atoms with Crippen LogP contribution in [0.4, 0.5) is 17.1 Å². The summed E-state index contributed by atoms with van der Waals surface area (Å²) < 4.78 is 7.16. The van der Waals surface area contributed by atoms with E-state index in [4.69, 9.17) is 4.42 Å². The molecule has 0 saturated heterocycles. The molecule has 0 spiro atoms. The van der Waals surface area contributed by atoms with Gasteiger partial charge in [0.25, 0.3) is 0 Å². The van der Waals surface area contributed by atoms with Gasteiger partial charge in [-0.1, -0.05) is 200 Å². The van der Waals surface area contributed by atoms with Gasteiger partial charge in [-0.2, -0.15) is 0 Å². The molecule has 0 N–H and O–H groups in total. The van der Waals surface area contributed by atoms with Crippen LogP contribution in [0.15, 0.2) is 241 Å². The third kappa shape index (κ3) is 6.32. The third-order valence-electron chi connectivity index (χ3n) is 11.7. The summed E-state index contributed by atoms with van der Waals surface area (Å²) in [6.07, 6.45) is 0. The molecular weight excluding hydrogens is 727 g/mol. The predicted octanol–water partition coefficient (Wildman–Crippen LogP) is 16.5. The molecule has 0 unspecified atom stereocenters. The molecule has 0 bridgehead atoms. The second kappa shape index (κ2) is 15.1. The second-order valence-electron chi connectivity index (χ2n) is 15.3. The van der Waals surface area contributed by atoms with Crippen LogP contribution < -0.4 is 4.90 Å². The first-order valence-electron chi connectivity index (χ1n) is 20.5. The van der Waals surface area contributed by atoms with E-state index in [-0.39, 0.29) is 0 Å². The average molecular weight is 766 g/mol. The molecule has 11 rings (SSSR count). The summed E-state index contributed by atoms with van der Waals surface area (Å²) in [5.74, 6) is 0. The van der Waals surface area contributed by atoms with Crippen LogP contribution in [0.5, 0.6) is 0 Å². The Kier molecular flexibility index (Phi) is 8.87. The van der Waals surface area contributed by atoms with E-state index >= 15 is 0 Å². The molecular formula is C58H39NO. The summed E-state index contributed by atoms with van der Waals surface area (Å²) in [6.45, 7) is 0. The van der Waals surface area contributed by atoms with E-state index in [2.05, 4.69) is 241 Å². The van der Waals surface area contributed by atoms with Crippen LogP contribution in [0.2, 0.25) is 0 Å². The van der Waals surface area contributed by atoms with E-state index < -0.39 is 0 Å². The monoisotopic (exact) mass is 765 g/mol. The van der Waals surface area contributed by atoms with E-state index in [1.165, 1.54) is 33.4 Å². The molecule has 1 aromatic heterocycles. The lowest BCUT2D eigenvalue weighted by Crippen LogP contribution is -2.10. The number of fused-ring (bicyclic) bond motifs is 5. The Balaban J connectivity index is 1.12. The van der Waals surface area contributed by atoms with Crippen LogP contribution in [-0.4, -0.2) is 0 Å².